The fourth-order valence-electron chi connectivity index (χ4n) is 3.47. The van der Waals surface area contributed by atoms with Gasteiger partial charge >= 0.3 is 5.97 Å². The minimum absolute atomic E-state index is 0.0979. The number of nitrogens with one attached hydrogen (secondary N) is 3. The van der Waals surface area contributed by atoms with E-state index < -0.39 is 5.97 Å². The van der Waals surface area contributed by atoms with E-state index in [1.54, 1.807) is 31.2 Å². The van der Waals surface area contributed by atoms with Crippen LogP contribution in [0.5, 0.6) is 0 Å². The third-order valence-corrected chi connectivity index (χ3v) is 5.38. The number of benzene rings is 1. The van der Waals surface area contributed by atoms with Gasteiger partial charge in [-0.15, -0.1) is 0 Å². The highest BCUT2D eigenvalue weighted by Crippen LogP contribution is 2.13. The Morgan fingerprint density at radius 3 is 2.50 bits per heavy atom. The molecule has 3 rings (SSSR count). The van der Waals surface area contributed by atoms with Crippen LogP contribution >= 0.6 is 0 Å². The Morgan fingerprint density at radius 2 is 1.85 bits per heavy atom. The maximum absolute atomic E-state index is 12.6. The summed E-state index contributed by atoms with van der Waals surface area (Å²) in [5, 5.41) is 5.25. The number of rotatable bonds is 9. The van der Waals surface area contributed by atoms with Gasteiger partial charge in [0, 0.05) is 36.5 Å². The van der Waals surface area contributed by atoms with Crippen molar-refractivity contribution >= 4 is 29.4 Å². The Kier molecular flexibility index (Phi) is 8.74. The average molecular weight is 472 g/mol. The Hall–Kier alpha value is -3.73. The van der Waals surface area contributed by atoms with Crippen LogP contribution in [0.15, 0.2) is 29.1 Å². The van der Waals surface area contributed by atoms with E-state index in [1.165, 1.54) is 7.11 Å². The van der Waals surface area contributed by atoms with Gasteiger partial charge in [0.05, 0.1) is 26.7 Å². The average Bonchev–Trinajstić information content (AvgIpc) is 2.83. The molecule has 0 spiro atoms. The second-order valence-corrected chi connectivity index (χ2v) is 7.83. The van der Waals surface area contributed by atoms with E-state index in [-0.39, 0.29) is 43.2 Å². The van der Waals surface area contributed by atoms with Gasteiger partial charge in [0.25, 0.3) is 5.56 Å². The minimum atomic E-state index is -0.521. The van der Waals surface area contributed by atoms with Crippen LogP contribution in [0.4, 0.5) is 11.6 Å². The predicted molar refractivity (Wildman–Crippen MR) is 125 cm³/mol. The summed E-state index contributed by atoms with van der Waals surface area (Å²) in [7, 11) is 1.25. The van der Waals surface area contributed by atoms with E-state index in [2.05, 4.69) is 25.3 Å². The van der Waals surface area contributed by atoms with Crippen molar-refractivity contribution in [2.24, 2.45) is 0 Å². The van der Waals surface area contributed by atoms with Crippen molar-refractivity contribution in [2.45, 2.75) is 26.2 Å². The van der Waals surface area contributed by atoms with Crippen LogP contribution in [0, 0.1) is 6.92 Å². The molecule has 0 atom stereocenters. The predicted octanol–water partition coefficient (Wildman–Crippen LogP) is 0.318. The summed E-state index contributed by atoms with van der Waals surface area (Å²) in [6.45, 7) is 4.11. The number of aryl methyl sites for hydroxylation is 1. The molecule has 0 unspecified atom stereocenters. The summed E-state index contributed by atoms with van der Waals surface area (Å²) in [5.41, 5.74) is 2.16. The lowest BCUT2D eigenvalue weighted by molar-refractivity contribution is -0.141. The van der Waals surface area contributed by atoms with Crippen molar-refractivity contribution in [3.8, 4) is 0 Å². The molecule has 34 heavy (non-hydrogen) atoms. The maximum Gasteiger partial charge on any atom is 0.325 e. The highest BCUT2D eigenvalue weighted by Gasteiger charge is 2.17. The van der Waals surface area contributed by atoms with Gasteiger partial charge in [-0.25, -0.2) is 4.98 Å². The largest absolute Gasteiger partial charge is 0.468 e. The Balaban J connectivity index is 1.49. The molecule has 1 aliphatic rings. The van der Waals surface area contributed by atoms with Gasteiger partial charge in [0.2, 0.25) is 17.8 Å². The molecule has 0 radical (unpaired) electrons. The summed E-state index contributed by atoms with van der Waals surface area (Å²) in [4.78, 5) is 57.2. The molecule has 3 N–H and O–H groups in total. The zero-order chi connectivity index (χ0) is 24.5. The molecule has 0 saturated carbocycles. The van der Waals surface area contributed by atoms with Gasteiger partial charge in [-0.05, 0) is 31.0 Å². The van der Waals surface area contributed by atoms with Crippen molar-refractivity contribution < 1.29 is 23.9 Å². The number of amides is 2. The smallest absolute Gasteiger partial charge is 0.325 e. The lowest BCUT2D eigenvalue weighted by Crippen LogP contribution is -2.38. The molecule has 11 nitrogen and oxygen atoms in total. The molecular weight excluding hydrogens is 442 g/mol. The third-order valence-electron chi connectivity index (χ3n) is 5.38. The van der Waals surface area contributed by atoms with Crippen LogP contribution < -0.4 is 21.1 Å². The molecule has 1 aromatic heterocycles. The molecule has 2 amide bonds. The van der Waals surface area contributed by atoms with E-state index in [0.717, 1.165) is 5.56 Å². The molecule has 11 heteroatoms. The molecule has 1 aromatic carbocycles. The molecular formula is C23H29N5O6. The van der Waals surface area contributed by atoms with Crippen molar-refractivity contribution in [1.82, 2.24) is 15.3 Å². The number of morpholine rings is 1. The number of hydrogen-bond donors (Lipinski definition) is 3. The number of anilines is 2. The highest BCUT2D eigenvalue weighted by atomic mass is 16.5. The zero-order valence-corrected chi connectivity index (χ0v) is 19.3. The van der Waals surface area contributed by atoms with Crippen molar-refractivity contribution in [3.05, 3.63) is 51.4 Å². The zero-order valence-electron chi connectivity index (χ0n) is 19.3. The minimum Gasteiger partial charge on any atom is -0.468 e. The number of aromatic amines is 1. The van der Waals surface area contributed by atoms with E-state index in [9.17, 15) is 19.2 Å². The second kappa shape index (κ2) is 11.9. The Morgan fingerprint density at radius 1 is 1.15 bits per heavy atom. The molecule has 1 fully saturated rings. The van der Waals surface area contributed by atoms with Crippen molar-refractivity contribution in [2.75, 3.05) is 50.2 Å². The Labute approximate surface area is 196 Å². The number of methoxy groups -OCH3 is 1. The van der Waals surface area contributed by atoms with Crippen LogP contribution in [0.3, 0.4) is 0 Å². The molecule has 1 aliphatic heterocycles. The molecule has 2 heterocycles. The summed E-state index contributed by atoms with van der Waals surface area (Å²) in [5.74, 6) is -0.541. The number of H-pyrrole nitrogens is 1. The van der Waals surface area contributed by atoms with Gasteiger partial charge < -0.3 is 25.0 Å². The van der Waals surface area contributed by atoms with Crippen LogP contribution in [0.25, 0.3) is 0 Å². The lowest BCUT2D eigenvalue weighted by Gasteiger charge is -2.27. The van der Waals surface area contributed by atoms with Crippen LogP contribution in [-0.2, 0) is 36.7 Å². The lowest BCUT2D eigenvalue weighted by atomic mass is 10.1. The normalized spacial score (nSPS) is 13.3. The summed E-state index contributed by atoms with van der Waals surface area (Å²) < 4.78 is 9.80. The van der Waals surface area contributed by atoms with Crippen molar-refractivity contribution in [3.63, 3.8) is 0 Å². The molecule has 182 valence electrons. The SMILES string of the molecule is COC(=O)CNC(=O)Cc1ccc(NC(=O)CCc2c(C)nc(N3CCOCC3)[nH]c2=O)cc1. The number of aromatic nitrogens is 2. The fraction of sp³-hybridized carbons (Fsp3) is 0.435. The van der Waals surface area contributed by atoms with Crippen molar-refractivity contribution in [1.29, 1.82) is 0 Å². The van der Waals surface area contributed by atoms with E-state index in [4.69, 9.17) is 4.74 Å². The number of carbonyl (C=O) groups is 3. The standard InChI is InChI=1S/C23H29N5O6/c1-15-18(22(32)27-23(25-15)28-9-11-34-12-10-28)7-8-19(29)26-17-5-3-16(4-6-17)13-20(30)24-14-21(31)33-2/h3-6H,7-14H2,1-2H3,(H,24,30)(H,26,29)(H,25,27,32). The number of carbonyl (C=O) groups excluding carboxylic acids is 3. The summed E-state index contributed by atoms with van der Waals surface area (Å²) in [6, 6.07) is 6.82. The number of hydrogen-bond acceptors (Lipinski definition) is 8. The molecule has 0 bridgehead atoms. The van der Waals surface area contributed by atoms with Gasteiger partial charge in [0.1, 0.15) is 6.54 Å². The molecule has 0 aliphatic carbocycles. The highest BCUT2D eigenvalue weighted by molar-refractivity contribution is 5.91. The first-order valence-corrected chi connectivity index (χ1v) is 11.0. The van der Waals surface area contributed by atoms with Crippen LogP contribution in [0.1, 0.15) is 23.2 Å². The topological polar surface area (TPSA) is 143 Å². The quantitative estimate of drug-likeness (QED) is 0.444. The van der Waals surface area contributed by atoms with Gasteiger partial charge in [-0.3, -0.25) is 24.2 Å². The van der Waals surface area contributed by atoms with E-state index >= 15 is 0 Å². The van der Waals surface area contributed by atoms with Gasteiger partial charge in [-0.1, -0.05) is 12.1 Å². The number of nitrogens with zero attached hydrogens (tertiary/aromatic N) is 2. The van der Waals surface area contributed by atoms with Crippen LogP contribution in [0.2, 0.25) is 0 Å². The first kappa shape index (κ1) is 24.9. The number of ether oxygens (including phenoxy) is 2. The third kappa shape index (κ3) is 7.14. The summed E-state index contributed by atoms with van der Waals surface area (Å²) >= 11 is 0. The first-order valence-electron chi connectivity index (χ1n) is 11.0. The first-order chi connectivity index (χ1) is 16.4. The Bertz CT molecular complexity index is 1080. The maximum atomic E-state index is 12.6. The fourth-order valence-corrected chi connectivity index (χ4v) is 3.47. The van der Waals surface area contributed by atoms with Gasteiger partial charge in [0.15, 0.2) is 0 Å². The summed E-state index contributed by atoms with van der Waals surface area (Å²) in [6.07, 6.45) is 0.489. The number of esters is 1. The second-order valence-electron chi connectivity index (χ2n) is 7.83. The van der Waals surface area contributed by atoms with E-state index in [0.29, 0.717) is 49.2 Å². The van der Waals surface area contributed by atoms with Gasteiger partial charge in [-0.2, -0.15) is 0 Å². The van der Waals surface area contributed by atoms with E-state index in [1.807, 2.05) is 4.90 Å². The monoisotopic (exact) mass is 471 g/mol. The van der Waals surface area contributed by atoms with Crippen LogP contribution in [-0.4, -0.2) is 67.7 Å². The molecule has 1 saturated heterocycles. The molecule has 2 aromatic rings.